The standard InChI is InChI=1S/C17H20FN3O3/c1-11-19-17(24-21-11)6-2-5-16(22)20-14-4-3-9-23-15-10-12(18)7-8-13(14)15/h7-8,10,14H,2-6,9H2,1H3,(H,20,22). The number of nitrogens with zero attached hydrogens (tertiary/aromatic N) is 2. The van der Waals surface area contributed by atoms with Gasteiger partial charge in [0, 0.05) is 24.5 Å². The summed E-state index contributed by atoms with van der Waals surface area (Å²) in [6, 6.07) is 4.30. The molecule has 1 aromatic carbocycles. The second-order valence-corrected chi connectivity index (χ2v) is 5.88. The summed E-state index contributed by atoms with van der Waals surface area (Å²) in [5.41, 5.74) is 0.828. The molecule has 0 saturated carbocycles. The number of carbonyl (C=O) groups excluding carboxylic acids is 1. The van der Waals surface area contributed by atoms with Gasteiger partial charge in [-0.25, -0.2) is 4.39 Å². The predicted molar refractivity (Wildman–Crippen MR) is 84.0 cm³/mol. The van der Waals surface area contributed by atoms with E-state index in [0.717, 1.165) is 18.4 Å². The summed E-state index contributed by atoms with van der Waals surface area (Å²) < 4.78 is 23.9. The van der Waals surface area contributed by atoms with Crippen LogP contribution in [0.25, 0.3) is 0 Å². The molecule has 1 aliphatic rings. The number of halogens is 1. The van der Waals surface area contributed by atoms with E-state index in [4.69, 9.17) is 9.26 Å². The quantitative estimate of drug-likeness (QED) is 0.910. The first-order valence-electron chi connectivity index (χ1n) is 8.12. The van der Waals surface area contributed by atoms with Crippen LogP contribution in [0.4, 0.5) is 4.39 Å². The zero-order valence-electron chi connectivity index (χ0n) is 13.5. The monoisotopic (exact) mass is 333 g/mol. The average Bonchev–Trinajstić information content (AvgIpc) is 2.86. The van der Waals surface area contributed by atoms with Crippen molar-refractivity contribution in [2.75, 3.05) is 6.61 Å². The van der Waals surface area contributed by atoms with Crippen molar-refractivity contribution in [1.82, 2.24) is 15.5 Å². The Bertz CT molecular complexity index is 717. The smallest absolute Gasteiger partial charge is 0.226 e. The van der Waals surface area contributed by atoms with Crippen molar-refractivity contribution >= 4 is 5.91 Å². The molecular weight excluding hydrogens is 313 g/mol. The summed E-state index contributed by atoms with van der Waals surface area (Å²) >= 11 is 0. The van der Waals surface area contributed by atoms with Crippen LogP contribution in [0.1, 0.15) is 49.0 Å². The number of rotatable bonds is 5. The lowest BCUT2D eigenvalue weighted by Gasteiger charge is -2.18. The number of fused-ring (bicyclic) bond motifs is 1. The van der Waals surface area contributed by atoms with Crippen molar-refractivity contribution < 1.29 is 18.4 Å². The predicted octanol–water partition coefficient (Wildman–Crippen LogP) is 2.87. The van der Waals surface area contributed by atoms with Gasteiger partial charge in [-0.15, -0.1) is 0 Å². The van der Waals surface area contributed by atoms with Gasteiger partial charge in [0.1, 0.15) is 11.6 Å². The minimum atomic E-state index is -0.337. The molecule has 0 aliphatic carbocycles. The van der Waals surface area contributed by atoms with Gasteiger partial charge in [-0.1, -0.05) is 11.2 Å². The fourth-order valence-electron chi connectivity index (χ4n) is 2.80. The molecule has 1 N–H and O–H groups in total. The maximum Gasteiger partial charge on any atom is 0.226 e. The second kappa shape index (κ2) is 7.42. The lowest BCUT2D eigenvalue weighted by atomic mass is 10.0. The second-order valence-electron chi connectivity index (χ2n) is 5.88. The van der Waals surface area contributed by atoms with Crippen molar-refractivity contribution in [2.45, 2.75) is 45.1 Å². The third kappa shape index (κ3) is 4.10. The van der Waals surface area contributed by atoms with Crippen LogP contribution in [0.5, 0.6) is 5.75 Å². The number of hydrogen-bond acceptors (Lipinski definition) is 5. The molecule has 1 atom stereocenters. The normalized spacial score (nSPS) is 16.8. The number of aromatic nitrogens is 2. The molecule has 2 aromatic rings. The lowest BCUT2D eigenvalue weighted by molar-refractivity contribution is -0.122. The van der Waals surface area contributed by atoms with E-state index in [1.165, 1.54) is 12.1 Å². The van der Waals surface area contributed by atoms with E-state index in [1.54, 1.807) is 13.0 Å². The molecule has 1 aromatic heterocycles. The largest absolute Gasteiger partial charge is 0.493 e. The molecule has 128 valence electrons. The number of hydrogen-bond donors (Lipinski definition) is 1. The number of aryl methyl sites for hydroxylation is 2. The van der Waals surface area contributed by atoms with Gasteiger partial charge in [0.15, 0.2) is 5.82 Å². The molecule has 24 heavy (non-hydrogen) atoms. The van der Waals surface area contributed by atoms with Crippen LogP contribution in [-0.4, -0.2) is 22.7 Å². The van der Waals surface area contributed by atoms with Gasteiger partial charge in [0.2, 0.25) is 11.8 Å². The molecule has 1 aliphatic heterocycles. The molecular formula is C17H20FN3O3. The van der Waals surface area contributed by atoms with Crippen LogP contribution in [-0.2, 0) is 11.2 Å². The van der Waals surface area contributed by atoms with Gasteiger partial charge in [0.25, 0.3) is 0 Å². The van der Waals surface area contributed by atoms with Crippen molar-refractivity contribution in [3.05, 3.63) is 41.3 Å². The fraction of sp³-hybridized carbons (Fsp3) is 0.471. The molecule has 0 bridgehead atoms. The molecule has 0 spiro atoms. The molecule has 7 heteroatoms. The van der Waals surface area contributed by atoms with Gasteiger partial charge < -0.3 is 14.6 Å². The number of carbonyl (C=O) groups is 1. The summed E-state index contributed by atoms with van der Waals surface area (Å²) in [5.74, 6) is 1.27. The van der Waals surface area contributed by atoms with E-state index in [0.29, 0.717) is 43.3 Å². The van der Waals surface area contributed by atoms with Gasteiger partial charge in [-0.2, -0.15) is 4.98 Å². The molecule has 0 radical (unpaired) electrons. The van der Waals surface area contributed by atoms with E-state index in [2.05, 4.69) is 15.5 Å². The maximum absolute atomic E-state index is 13.4. The zero-order chi connectivity index (χ0) is 16.9. The topological polar surface area (TPSA) is 77.2 Å². The van der Waals surface area contributed by atoms with Gasteiger partial charge in [-0.05, 0) is 32.3 Å². The lowest BCUT2D eigenvalue weighted by Crippen LogP contribution is -2.28. The molecule has 1 amide bonds. The van der Waals surface area contributed by atoms with Crippen LogP contribution in [0, 0.1) is 12.7 Å². The molecule has 1 unspecified atom stereocenters. The van der Waals surface area contributed by atoms with Crippen LogP contribution in [0.15, 0.2) is 22.7 Å². The van der Waals surface area contributed by atoms with E-state index in [9.17, 15) is 9.18 Å². The molecule has 0 saturated heterocycles. The Labute approximate surface area is 139 Å². The van der Waals surface area contributed by atoms with Crippen molar-refractivity contribution in [2.24, 2.45) is 0 Å². The summed E-state index contributed by atoms with van der Waals surface area (Å²) in [6.45, 7) is 2.29. The number of amides is 1. The number of nitrogens with one attached hydrogen (secondary N) is 1. The average molecular weight is 333 g/mol. The summed E-state index contributed by atoms with van der Waals surface area (Å²) in [6.07, 6.45) is 3.15. The highest BCUT2D eigenvalue weighted by Crippen LogP contribution is 2.32. The summed E-state index contributed by atoms with van der Waals surface area (Å²) in [7, 11) is 0. The molecule has 2 heterocycles. The van der Waals surface area contributed by atoms with Crippen molar-refractivity contribution in [1.29, 1.82) is 0 Å². The van der Waals surface area contributed by atoms with E-state index < -0.39 is 0 Å². The summed E-state index contributed by atoms with van der Waals surface area (Å²) in [4.78, 5) is 16.3. The molecule has 6 nitrogen and oxygen atoms in total. The van der Waals surface area contributed by atoms with Crippen molar-refractivity contribution in [3.8, 4) is 5.75 Å². The number of ether oxygens (including phenoxy) is 1. The first-order valence-corrected chi connectivity index (χ1v) is 8.12. The summed E-state index contributed by atoms with van der Waals surface area (Å²) in [5, 5.41) is 6.74. The van der Waals surface area contributed by atoms with E-state index in [-0.39, 0.29) is 17.8 Å². The van der Waals surface area contributed by atoms with Crippen LogP contribution in [0.2, 0.25) is 0 Å². The van der Waals surface area contributed by atoms with E-state index in [1.807, 2.05) is 0 Å². The molecule has 3 rings (SSSR count). The van der Waals surface area contributed by atoms with Gasteiger partial charge in [-0.3, -0.25) is 4.79 Å². The Hall–Kier alpha value is -2.44. The van der Waals surface area contributed by atoms with Crippen LogP contribution < -0.4 is 10.1 Å². The Morgan fingerprint density at radius 2 is 2.33 bits per heavy atom. The fourth-order valence-corrected chi connectivity index (χ4v) is 2.80. The third-order valence-corrected chi connectivity index (χ3v) is 3.95. The Morgan fingerprint density at radius 3 is 3.12 bits per heavy atom. The minimum absolute atomic E-state index is 0.0478. The van der Waals surface area contributed by atoms with Crippen molar-refractivity contribution in [3.63, 3.8) is 0 Å². The SMILES string of the molecule is Cc1noc(CCCC(=O)NC2CCCOc3cc(F)ccc32)n1. The number of benzene rings is 1. The van der Waals surface area contributed by atoms with Gasteiger partial charge in [0.05, 0.1) is 12.6 Å². The molecule has 0 fully saturated rings. The van der Waals surface area contributed by atoms with Crippen LogP contribution in [0.3, 0.4) is 0 Å². The third-order valence-electron chi connectivity index (χ3n) is 3.95. The maximum atomic E-state index is 13.4. The Morgan fingerprint density at radius 1 is 1.46 bits per heavy atom. The van der Waals surface area contributed by atoms with Gasteiger partial charge >= 0.3 is 0 Å². The minimum Gasteiger partial charge on any atom is -0.493 e. The first kappa shape index (κ1) is 16.4. The highest BCUT2D eigenvalue weighted by molar-refractivity contribution is 5.76. The highest BCUT2D eigenvalue weighted by atomic mass is 19.1. The van der Waals surface area contributed by atoms with E-state index >= 15 is 0 Å². The Balaban J connectivity index is 1.56. The zero-order valence-corrected chi connectivity index (χ0v) is 13.5. The van der Waals surface area contributed by atoms with Crippen LogP contribution >= 0.6 is 0 Å². The highest BCUT2D eigenvalue weighted by Gasteiger charge is 2.21. The Kier molecular flexibility index (Phi) is 5.08. The first-order chi connectivity index (χ1) is 11.6.